The van der Waals surface area contributed by atoms with E-state index in [0.29, 0.717) is 12.8 Å². The summed E-state index contributed by atoms with van der Waals surface area (Å²) < 4.78 is 26.8. The Labute approximate surface area is 126 Å². The summed E-state index contributed by atoms with van der Waals surface area (Å²) in [5.41, 5.74) is -1.31. The molecule has 0 radical (unpaired) electrons. The van der Waals surface area contributed by atoms with Crippen LogP contribution in [-0.2, 0) is 4.79 Å². The Morgan fingerprint density at radius 3 is 2.68 bits per heavy atom. The fraction of sp³-hybridized carbons (Fsp3) is 0.467. The number of β-amino-alcohol motifs (C(OH)–C–C–N with tert-alkyl or cyclic N) is 1. The summed E-state index contributed by atoms with van der Waals surface area (Å²) in [6.07, 6.45) is -0.343. The van der Waals surface area contributed by atoms with Crippen LogP contribution in [0.2, 0.25) is 0 Å². The van der Waals surface area contributed by atoms with Crippen molar-refractivity contribution in [1.82, 2.24) is 10.2 Å². The van der Waals surface area contributed by atoms with Crippen LogP contribution in [0.3, 0.4) is 0 Å². The number of aliphatic hydroxyl groups excluding tert-OH is 1. The van der Waals surface area contributed by atoms with Gasteiger partial charge < -0.3 is 10.4 Å². The van der Waals surface area contributed by atoms with Crippen LogP contribution < -0.4 is 5.32 Å². The maximum atomic E-state index is 13.6. The van der Waals surface area contributed by atoms with E-state index >= 15 is 0 Å². The van der Waals surface area contributed by atoms with Crippen LogP contribution in [0.4, 0.5) is 13.6 Å². The number of carbonyl (C=O) groups is 2. The van der Waals surface area contributed by atoms with Gasteiger partial charge in [0.25, 0.3) is 5.91 Å². The number of rotatable bonds is 5. The molecule has 0 aliphatic carbocycles. The van der Waals surface area contributed by atoms with E-state index in [1.54, 1.807) is 6.92 Å². The molecule has 2 rings (SSSR count). The van der Waals surface area contributed by atoms with Crippen molar-refractivity contribution >= 4 is 11.9 Å². The van der Waals surface area contributed by atoms with Crippen molar-refractivity contribution in [3.63, 3.8) is 0 Å². The molecule has 0 aromatic heterocycles. The first-order chi connectivity index (χ1) is 10.3. The van der Waals surface area contributed by atoms with Crippen LogP contribution in [0.1, 0.15) is 38.4 Å². The van der Waals surface area contributed by atoms with E-state index in [4.69, 9.17) is 0 Å². The smallest absolute Gasteiger partial charge is 0.325 e. The molecule has 1 aliphatic rings. The second-order valence-corrected chi connectivity index (χ2v) is 5.61. The molecule has 22 heavy (non-hydrogen) atoms. The molecular formula is C15H18F2N2O3. The zero-order valence-corrected chi connectivity index (χ0v) is 12.4. The number of benzene rings is 1. The van der Waals surface area contributed by atoms with Gasteiger partial charge in [-0.2, -0.15) is 0 Å². The summed E-state index contributed by atoms with van der Waals surface area (Å²) in [6.45, 7) is 3.06. The fourth-order valence-electron chi connectivity index (χ4n) is 2.62. The van der Waals surface area contributed by atoms with Gasteiger partial charge in [-0.1, -0.05) is 13.3 Å². The number of imide groups is 1. The Morgan fingerprint density at radius 2 is 2.05 bits per heavy atom. The monoisotopic (exact) mass is 312 g/mol. The first kappa shape index (κ1) is 16.4. The van der Waals surface area contributed by atoms with Gasteiger partial charge in [-0.05, 0) is 31.5 Å². The molecule has 1 aromatic carbocycles. The van der Waals surface area contributed by atoms with E-state index in [2.05, 4.69) is 5.32 Å². The first-order valence-electron chi connectivity index (χ1n) is 7.05. The van der Waals surface area contributed by atoms with Crippen LogP contribution in [0, 0.1) is 11.6 Å². The van der Waals surface area contributed by atoms with Crippen LogP contribution >= 0.6 is 0 Å². The Balaban J connectivity index is 2.18. The van der Waals surface area contributed by atoms with Crippen molar-refractivity contribution in [2.75, 3.05) is 6.54 Å². The molecule has 0 bridgehead atoms. The Bertz CT molecular complexity index is 608. The summed E-state index contributed by atoms with van der Waals surface area (Å²) in [7, 11) is 0. The van der Waals surface area contributed by atoms with Crippen LogP contribution in [-0.4, -0.2) is 34.0 Å². The number of urea groups is 1. The molecule has 2 atom stereocenters. The number of halogens is 2. The second kappa shape index (κ2) is 6.00. The number of hydrogen-bond acceptors (Lipinski definition) is 3. The van der Waals surface area contributed by atoms with Gasteiger partial charge in [0, 0.05) is 5.56 Å². The lowest BCUT2D eigenvalue weighted by molar-refractivity contribution is -0.132. The van der Waals surface area contributed by atoms with Gasteiger partial charge in [0.15, 0.2) is 0 Å². The molecule has 5 nitrogen and oxygen atoms in total. The number of aliphatic hydroxyl groups is 1. The van der Waals surface area contributed by atoms with Crippen LogP contribution in [0.5, 0.6) is 0 Å². The van der Waals surface area contributed by atoms with Crippen molar-refractivity contribution in [3.8, 4) is 0 Å². The topological polar surface area (TPSA) is 69.6 Å². The lowest BCUT2D eigenvalue weighted by Gasteiger charge is -2.22. The summed E-state index contributed by atoms with van der Waals surface area (Å²) in [4.78, 5) is 25.1. The second-order valence-electron chi connectivity index (χ2n) is 5.61. The normalized spacial score (nSPS) is 22.9. The zero-order chi connectivity index (χ0) is 16.5. The summed E-state index contributed by atoms with van der Waals surface area (Å²) in [5.74, 6) is -1.98. The average molecular weight is 312 g/mol. The average Bonchev–Trinajstić information content (AvgIpc) is 2.65. The number of nitrogens with zero attached hydrogens (tertiary/aromatic N) is 1. The van der Waals surface area contributed by atoms with E-state index < -0.39 is 41.8 Å². The molecule has 1 heterocycles. The lowest BCUT2D eigenvalue weighted by Crippen LogP contribution is -2.44. The van der Waals surface area contributed by atoms with Crippen molar-refractivity contribution in [2.45, 2.75) is 38.3 Å². The molecule has 1 fully saturated rings. The molecule has 2 N–H and O–H groups in total. The van der Waals surface area contributed by atoms with Gasteiger partial charge in [-0.15, -0.1) is 0 Å². The van der Waals surface area contributed by atoms with Crippen LogP contribution in [0.15, 0.2) is 18.2 Å². The highest BCUT2D eigenvalue weighted by Crippen LogP contribution is 2.26. The van der Waals surface area contributed by atoms with E-state index in [-0.39, 0.29) is 5.56 Å². The van der Waals surface area contributed by atoms with Gasteiger partial charge in [0.2, 0.25) is 0 Å². The minimum absolute atomic E-state index is 0.287. The fourth-order valence-corrected chi connectivity index (χ4v) is 2.62. The largest absolute Gasteiger partial charge is 0.386 e. The molecule has 3 amide bonds. The van der Waals surface area contributed by atoms with Crippen LogP contribution in [0.25, 0.3) is 0 Å². The highest BCUT2D eigenvalue weighted by Gasteiger charge is 2.47. The molecule has 0 unspecified atom stereocenters. The standard InChI is InChI=1S/C15H18F2N2O3/c1-3-6-15(2)13(21)19(14(22)18-15)8-12(20)10-7-9(16)4-5-11(10)17/h4-5,7,12,20H,3,6,8H2,1-2H3,(H,18,22)/t12-,15-/m0/s1. The number of nitrogens with one attached hydrogen (secondary N) is 1. The third kappa shape index (κ3) is 2.94. The summed E-state index contributed by atoms with van der Waals surface area (Å²) >= 11 is 0. The van der Waals surface area contributed by atoms with Crippen molar-refractivity contribution in [1.29, 1.82) is 0 Å². The van der Waals surface area contributed by atoms with Crippen molar-refractivity contribution in [3.05, 3.63) is 35.4 Å². The summed E-state index contributed by atoms with van der Waals surface area (Å²) in [5, 5.41) is 12.6. The Morgan fingerprint density at radius 1 is 1.36 bits per heavy atom. The predicted molar refractivity (Wildman–Crippen MR) is 74.9 cm³/mol. The van der Waals surface area contributed by atoms with Gasteiger partial charge in [-0.3, -0.25) is 9.69 Å². The highest BCUT2D eigenvalue weighted by molar-refractivity contribution is 6.06. The van der Waals surface area contributed by atoms with E-state index in [1.165, 1.54) is 0 Å². The molecule has 1 aromatic rings. The maximum Gasteiger partial charge on any atom is 0.325 e. The lowest BCUT2D eigenvalue weighted by atomic mass is 9.96. The molecule has 7 heteroatoms. The molecule has 1 aliphatic heterocycles. The third-order valence-electron chi connectivity index (χ3n) is 3.77. The Kier molecular flexibility index (Phi) is 4.46. The number of hydrogen-bond donors (Lipinski definition) is 2. The molecule has 120 valence electrons. The van der Waals surface area contributed by atoms with Gasteiger partial charge >= 0.3 is 6.03 Å². The number of amides is 3. The molecule has 1 saturated heterocycles. The minimum Gasteiger partial charge on any atom is -0.386 e. The zero-order valence-electron chi connectivity index (χ0n) is 12.4. The van der Waals surface area contributed by atoms with Crippen molar-refractivity contribution in [2.24, 2.45) is 0 Å². The van der Waals surface area contributed by atoms with Gasteiger partial charge in [0.1, 0.15) is 23.3 Å². The summed E-state index contributed by atoms with van der Waals surface area (Å²) in [6, 6.07) is 2.03. The van der Waals surface area contributed by atoms with Gasteiger partial charge in [-0.25, -0.2) is 13.6 Å². The SMILES string of the molecule is CCC[C@]1(C)NC(=O)N(C[C@H](O)c2cc(F)ccc2F)C1=O. The predicted octanol–water partition coefficient (Wildman–Crippen LogP) is 2.11. The highest BCUT2D eigenvalue weighted by atomic mass is 19.1. The third-order valence-corrected chi connectivity index (χ3v) is 3.77. The van der Waals surface area contributed by atoms with Gasteiger partial charge in [0.05, 0.1) is 6.54 Å². The Hall–Kier alpha value is -2.02. The van der Waals surface area contributed by atoms with E-state index in [0.717, 1.165) is 23.1 Å². The maximum absolute atomic E-state index is 13.6. The minimum atomic E-state index is -1.49. The number of carbonyl (C=O) groups excluding carboxylic acids is 2. The molecule has 0 spiro atoms. The molecular weight excluding hydrogens is 294 g/mol. The van der Waals surface area contributed by atoms with Crippen molar-refractivity contribution < 1.29 is 23.5 Å². The quantitative estimate of drug-likeness (QED) is 0.818. The van der Waals surface area contributed by atoms with E-state index in [9.17, 15) is 23.5 Å². The molecule has 0 saturated carbocycles. The first-order valence-corrected chi connectivity index (χ1v) is 7.05. The van der Waals surface area contributed by atoms with E-state index in [1.807, 2.05) is 6.92 Å².